The van der Waals surface area contributed by atoms with Gasteiger partial charge in [0.15, 0.2) is 0 Å². The summed E-state index contributed by atoms with van der Waals surface area (Å²) >= 11 is 1.59. The number of amides is 1. The lowest BCUT2D eigenvalue weighted by Crippen LogP contribution is -2.25. The summed E-state index contributed by atoms with van der Waals surface area (Å²) in [5.74, 6) is 0.652. The summed E-state index contributed by atoms with van der Waals surface area (Å²) in [6.07, 6.45) is 3.16. The molecule has 0 saturated heterocycles. The van der Waals surface area contributed by atoms with Gasteiger partial charge in [-0.1, -0.05) is 37.3 Å². The van der Waals surface area contributed by atoms with Gasteiger partial charge < -0.3 is 11.1 Å². The van der Waals surface area contributed by atoms with E-state index in [2.05, 4.69) is 12.2 Å². The molecule has 1 aliphatic carbocycles. The first kappa shape index (κ1) is 14.1. The minimum atomic E-state index is -0.0385. The van der Waals surface area contributed by atoms with Gasteiger partial charge in [-0.3, -0.25) is 4.79 Å². The van der Waals surface area contributed by atoms with Gasteiger partial charge in [0.25, 0.3) is 5.91 Å². The van der Waals surface area contributed by atoms with Gasteiger partial charge in [-0.25, -0.2) is 0 Å². The van der Waals surface area contributed by atoms with Crippen molar-refractivity contribution >= 4 is 22.2 Å². The van der Waals surface area contributed by atoms with Crippen LogP contribution in [0.3, 0.4) is 0 Å². The van der Waals surface area contributed by atoms with E-state index in [9.17, 15) is 4.79 Å². The van der Waals surface area contributed by atoms with Crippen molar-refractivity contribution in [1.29, 1.82) is 0 Å². The third-order valence-corrected chi connectivity index (χ3v) is 5.15. The zero-order valence-electron chi connectivity index (χ0n) is 12.2. The standard InChI is InChI=1S/C17H20N2OS/c1-11-7-8-13-14(9-11)21-16(18)15(13)17(20)19-10-12-5-3-2-4-6-12/h2-6,11H,7-10,18H2,1H3,(H,19,20)/t11-/m1/s1. The Morgan fingerprint density at radius 3 is 2.90 bits per heavy atom. The number of thiophene rings is 1. The topological polar surface area (TPSA) is 55.1 Å². The molecule has 0 unspecified atom stereocenters. The zero-order valence-corrected chi connectivity index (χ0v) is 13.0. The number of carbonyl (C=O) groups is 1. The summed E-state index contributed by atoms with van der Waals surface area (Å²) in [6.45, 7) is 2.80. The molecule has 3 N–H and O–H groups in total. The Balaban J connectivity index is 1.76. The van der Waals surface area contributed by atoms with Crippen molar-refractivity contribution in [3.8, 4) is 0 Å². The second kappa shape index (κ2) is 5.90. The average Bonchev–Trinajstić information content (AvgIpc) is 2.81. The molecule has 0 spiro atoms. The number of hydrogen-bond donors (Lipinski definition) is 2. The number of rotatable bonds is 3. The van der Waals surface area contributed by atoms with E-state index in [0.717, 1.165) is 30.4 Å². The molecule has 1 aromatic carbocycles. The predicted octanol–water partition coefficient (Wildman–Crippen LogP) is 3.39. The molecule has 2 aromatic rings. The van der Waals surface area contributed by atoms with Crippen LogP contribution in [0, 0.1) is 5.92 Å². The third kappa shape index (κ3) is 2.95. The quantitative estimate of drug-likeness (QED) is 0.913. The van der Waals surface area contributed by atoms with Crippen LogP contribution in [0.5, 0.6) is 0 Å². The number of nitrogens with one attached hydrogen (secondary N) is 1. The molecule has 1 heterocycles. The Hall–Kier alpha value is -1.81. The van der Waals surface area contributed by atoms with E-state index in [1.54, 1.807) is 11.3 Å². The normalized spacial score (nSPS) is 17.3. The van der Waals surface area contributed by atoms with Crippen LogP contribution in [-0.2, 0) is 19.4 Å². The fraction of sp³-hybridized carbons (Fsp3) is 0.353. The summed E-state index contributed by atoms with van der Waals surface area (Å²) < 4.78 is 0. The van der Waals surface area contributed by atoms with E-state index in [1.165, 1.54) is 10.4 Å². The van der Waals surface area contributed by atoms with Gasteiger partial charge in [0, 0.05) is 11.4 Å². The summed E-state index contributed by atoms with van der Waals surface area (Å²) in [5.41, 5.74) is 9.10. The van der Waals surface area contributed by atoms with Crippen LogP contribution in [0.15, 0.2) is 30.3 Å². The average molecular weight is 300 g/mol. The van der Waals surface area contributed by atoms with Crippen molar-refractivity contribution in [3.05, 3.63) is 51.9 Å². The van der Waals surface area contributed by atoms with Crippen molar-refractivity contribution in [2.75, 3.05) is 5.73 Å². The van der Waals surface area contributed by atoms with Crippen molar-refractivity contribution in [2.45, 2.75) is 32.7 Å². The number of nitrogens with two attached hydrogens (primary N) is 1. The Bertz CT molecular complexity index is 648. The molecule has 0 saturated carbocycles. The van der Waals surface area contributed by atoms with Crippen LogP contribution in [0.4, 0.5) is 5.00 Å². The van der Waals surface area contributed by atoms with E-state index >= 15 is 0 Å². The van der Waals surface area contributed by atoms with Gasteiger partial charge in [-0.15, -0.1) is 11.3 Å². The lowest BCUT2D eigenvalue weighted by atomic mass is 9.88. The number of hydrogen-bond acceptors (Lipinski definition) is 3. The second-order valence-corrected chi connectivity index (χ2v) is 6.90. The molecule has 3 nitrogen and oxygen atoms in total. The van der Waals surface area contributed by atoms with Gasteiger partial charge in [0.05, 0.1) is 10.6 Å². The first-order valence-corrected chi connectivity index (χ1v) is 8.19. The smallest absolute Gasteiger partial charge is 0.254 e. The third-order valence-electron chi connectivity index (χ3n) is 4.06. The van der Waals surface area contributed by atoms with Crippen molar-refractivity contribution in [2.24, 2.45) is 5.92 Å². The summed E-state index contributed by atoms with van der Waals surface area (Å²) in [6, 6.07) is 9.94. The summed E-state index contributed by atoms with van der Waals surface area (Å²) in [5, 5.41) is 3.66. The highest BCUT2D eigenvalue weighted by atomic mass is 32.1. The van der Waals surface area contributed by atoms with E-state index in [0.29, 0.717) is 17.5 Å². The highest BCUT2D eigenvalue weighted by Crippen LogP contribution is 2.37. The van der Waals surface area contributed by atoms with E-state index < -0.39 is 0 Å². The molecular formula is C17H20N2OS. The maximum Gasteiger partial charge on any atom is 0.254 e. The van der Waals surface area contributed by atoms with Crippen LogP contribution in [-0.4, -0.2) is 5.91 Å². The monoisotopic (exact) mass is 300 g/mol. The summed E-state index contributed by atoms with van der Waals surface area (Å²) in [4.78, 5) is 13.8. The highest BCUT2D eigenvalue weighted by molar-refractivity contribution is 7.16. The van der Waals surface area contributed by atoms with Crippen LogP contribution in [0.1, 0.15) is 39.7 Å². The van der Waals surface area contributed by atoms with Crippen LogP contribution in [0.2, 0.25) is 0 Å². The Kier molecular flexibility index (Phi) is 3.97. The number of nitrogen functional groups attached to an aromatic ring is 1. The molecule has 3 rings (SSSR count). The molecular weight excluding hydrogens is 280 g/mol. The SMILES string of the molecule is C[C@@H]1CCc2c(sc(N)c2C(=O)NCc2ccccc2)C1. The molecule has 4 heteroatoms. The molecule has 110 valence electrons. The first-order valence-electron chi connectivity index (χ1n) is 7.37. The van der Waals surface area contributed by atoms with E-state index in [-0.39, 0.29) is 5.91 Å². The predicted molar refractivity (Wildman–Crippen MR) is 87.5 cm³/mol. The maximum absolute atomic E-state index is 12.5. The molecule has 21 heavy (non-hydrogen) atoms. The largest absolute Gasteiger partial charge is 0.390 e. The van der Waals surface area contributed by atoms with Gasteiger partial charge in [0.2, 0.25) is 0 Å². The number of fused-ring (bicyclic) bond motifs is 1. The van der Waals surface area contributed by atoms with Crippen LogP contribution in [0.25, 0.3) is 0 Å². The first-order chi connectivity index (χ1) is 10.1. The Labute approximate surface area is 129 Å². The van der Waals surface area contributed by atoms with Gasteiger partial charge in [-0.2, -0.15) is 0 Å². The molecule has 0 fully saturated rings. The maximum atomic E-state index is 12.5. The minimum Gasteiger partial charge on any atom is -0.390 e. The number of carbonyl (C=O) groups excluding carboxylic acids is 1. The molecule has 1 aromatic heterocycles. The van der Waals surface area contributed by atoms with Gasteiger partial charge in [-0.05, 0) is 36.3 Å². The fourth-order valence-corrected chi connectivity index (χ4v) is 4.17. The number of benzene rings is 1. The highest BCUT2D eigenvalue weighted by Gasteiger charge is 2.26. The lowest BCUT2D eigenvalue weighted by Gasteiger charge is -2.18. The van der Waals surface area contributed by atoms with Gasteiger partial charge in [0.1, 0.15) is 0 Å². The lowest BCUT2D eigenvalue weighted by molar-refractivity contribution is 0.0951. The Morgan fingerprint density at radius 1 is 1.38 bits per heavy atom. The Morgan fingerprint density at radius 2 is 2.14 bits per heavy atom. The van der Waals surface area contributed by atoms with Crippen molar-refractivity contribution in [3.63, 3.8) is 0 Å². The second-order valence-electron chi connectivity index (χ2n) is 5.76. The van der Waals surface area contributed by atoms with Crippen LogP contribution >= 0.6 is 11.3 Å². The zero-order chi connectivity index (χ0) is 14.8. The minimum absolute atomic E-state index is 0.0385. The van der Waals surface area contributed by atoms with E-state index in [4.69, 9.17) is 5.73 Å². The molecule has 1 aliphatic rings. The van der Waals surface area contributed by atoms with Gasteiger partial charge >= 0.3 is 0 Å². The summed E-state index contributed by atoms with van der Waals surface area (Å²) in [7, 11) is 0. The molecule has 0 aliphatic heterocycles. The molecule has 0 bridgehead atoms. The van der Waals surface area contributed by atoms with E-state index in [1.807, 2.05) is 30.3 Å². The molecule has 1 atom stereocenters. The number of anilines is 1. The molecule has 0 radical (unpaired) electrons. The van der Waals surface area contributed by atoms with Crippen molar-refractivity contribution in [1.82, 2.24) is 5.32 Å². The van der Waals surface area contributed by atoms with Crippen molar-refractivity contribution < 1.29 is 4.79 Å². The van der Waals surface area contributed by atoms with Crippen LogP contribution < -0.4 is 11.1 Å². The fourth-order valence-electron chi connectivity index (χ4n) is 2.89. The molecule has 1 amide bonds.